The largest absolute Gasteiger partial charge is 0.472 e. The Morgan fingerprint density at radius 3 is 0.768 bits per heavy atom. The van der Waals surface area contributed by atoms with E-state index in [1.165, 1.54) is 180 Å². The maximum absolute atomic E-state index is 13.1. The number of hydrogen-bond donors (Lipinski definition) is 3. The van der Waals surface area contributed by atoms with Crippen LogP contribution >= 0.6 is 15.6 Å². The highest BCUT2D eigenvalue weighted by Gasteiger charge is 2.30. The third-order valence-corrected chi connectivity index (χ3v) is 19.1. The Morgan fingerprint density at radius 1 is 0.295 bits per heavy atom. The van der Waals surface area contributed by atoms with E-state index in [9.17, 15) is 43.2 Å². The first kappa shape index (κ1) is 92.5. The molecule has 0 aliphatic heterocycles. The van der Waals surface area contributed by atoms with Crippen LogP contribution in [0.2, 0.25) is 0 Å². The minimum atomic E-state index is -4.96. The number of carbonyl (C=O) groups excluding carboxylic acids is 4. The van der Waals surface area contributed by atoms with Gasteiger partial charge in [0.05, 0.1) is 26.4 Å². The van der Waals surface area contributed by atoms with Gasteiger partial charge in [0.2, 0.25) is 0 Å². The predicted octanol–water partition coefficient (Wildman–Crippen LogP) is 22.2. The van der Waals surface area contributed by atoms with Crippen molar-refractivity contribution in [3.05, 3.63) is 24.3 Å². The van der Waals surface area contributed by atoms with E-state index in [2.05, 4.69) is 52.0 Å². The SMILES string of the molecule is CCCCCC/C=C\C=C/CCCCCCCC(=O)OC[C@H](COP(=O)(O)OC[C@@H](O)COP(=O)(O)OC[C@@H](COC(=O)CCCCCCCCC)OC(=O)CCCCCCCCCCCCC)OC(=O)CCCCCCCCCCCCCCCCCCCCCCCC. The zero-order valence-electron chi connectivity index (χ0n) is 61.1. The van der Waals surface area contributed by atoms with E-state index in [1.807, 2.05) is 0 Å². The number of phosphoric ester groups is 2. The Hall–Kier alpha value is -2.46. The molecule has 0 bridgehead atoms. The lowest BCUT2D eigenvalue weighted by Gasteiger charge is -2.21. The number of ether oxygens (including phenoxy) is 4. The van der Waals surface area contributed by atoms with E-state index in [0.717, 1.165) is 122 Å². The first-order valence-corrected chi connectivity index (χ1v) is 42.1. The zero-order valence-corrected chi connectivity index (χ0v) is 62.9. The van der Waals surface area contributed by atoms with Gasteiger partial charge < -0.3 is 33.8 Å². The molecule has 0 amide bonds. The standard InChI is InChI=1S/C76H144O17P2/c1-5-9-13-17-21-24-27-29-31-32-33-34-35-36-37-39-41-44-47-51-55-59-63-76(81)93-72(67-87-74(79)61-57-53-49-45-43-40-38-30-28-25-22-18-14-10-6-2)69-91-95(84,85)89-65-70(77)64-88-94(82,83)90-68-71(66-86-73(78)60-56-52-48-20-16-12-8-4)92-75(80)62-58-54-50-46-42-26-23-19-15-11-7-3/h25,28,30,38,70-72,77H,5-24,26-27,29,31-37,39-69H2,1-4H3,(H,82,83)(H,84,85)/b28-25-,38-30-/t70-,71+,72+/m0/s1. The van der Waals surface area contributed by atoms with Gasteiger partial charge in [0, 0.05) is 25.7 Å². The van der Waals surface area contributed by atoms with E-state index in [-0.39, 0.29) is 25.7 Å². The lowest BCUT2D eigenvalue weighted by atomic mass is 10.0. The van der Waals surface area contributed by atoms with Crippen LogP contribution in [0.15, 0.2) is 24.3 Å². The number of aliphatic hydroxyl groups is 1. The number of unbranched alkanes of at least 4 members (excludes halogenated alkanes) is 46. The summed E-state index contributed by atoms with van der Waals surface area (Å²) in [6, 6.07) is 0. The van der Waals surface area contributed by atoms with Crippen molar-refractivity contribution in [1.82, 2.24) is 0 Å². The molecule has 17 nitrogen and oxygen atoms in total. The monoisotopic (exact) mass is 1390 g/mol. The van der Waals surface area contributed by atoms with Gasteiger partial charge in [0.1, 0.15) is 19.3 Å². The minimum absolute atomic E-state index is 0.102. The summed E-state index contributed by atoms with van der Waals surface area (Å²) in [6.07, 6.45) is 63.5. The number of aliphatic hydroxyl groups excluding tert-OH is 1. The van der Waals surface area contributed by atoms with Crippen LogP contribution in [-0.4, -0.2) is 96.7 Å². The van der Waals surface area contributed by atoms with Crippen LogP contribution in [0.1, 0.15) is 381 Å². The number of carbonyl (C=O) groups is 4. The van der Waals surface area contributed by atoms with Gasteiger partial charge in [-0.15, -0.1) is 0 Å². The molecule has 0 spiro atoms. The summed E-state index contributed by atoms with van der Waals surface area (Å²) in [4.78, 5) is 72.6. The predicted molar refractivity (Wildman–Crippen MR) is 386 cm³/mol. The smallest absolute Gasteiger partial charge is 0.462 e. The molecule has 5 atom stereocenters. The molecule has 95 heavy (non-hydrogen) atoms. The fraction of sp³-hybridized carbons (Fsp3) is 0.895. The van der Waals surface area contributed by atoms with Crippen molar-refractivity contribution in [2.45, 2.75) is 399 Å². The van der Waals surface area contributed by atoms with Crippen molar-refractivity contribution in [2.75, 3.05) is 39.6 Å². The van der Waals surface area contributed by atoms with Gasteiger partial charge in [-0.3, -0.25) is 37.3 Å². The molecule has 0 radical (unpaired) electrons. The molecule has 0 fully saturated rings. The second-order valence-electron chi connectivity index (χ2n) is 26.7. The summed E-state index contributed by atoms with van der Waals surface area (Å²) in [5.41, 5.74) is 0. The van der Waals surface area contributed by atoms with Crippen LogP contribution in [0.4, 0.5) is 0 Å². The first-order valence-electron chi connectivity index (χ1n) is 39.1. The molecule has 0 aliphatic carbocycles. The average molecular weight is 1390 g/mol. The summed E-state index contributed by atoms with van der Waals surface area (Å²) < 4.78 is 68.3. The number of esters is 4. The van der Waals surface area contributed by atoms with Gasteiger partial charge in [-0.05, 0) is 51.4 Å². The quantitative estimate of drug-likeness (QED) is 0.0169. The molecule has 2 unspecified atom stereocenters. The molecular weight excluding hydrogens is 1250 g/mol. The third-order valence-electron chi connectivity index (χ3n) is 17.2. The Bertz CT molecular complexity index is 1900. The zero-order chi connectivity index (χ0) is 69.7. The maximum atomic E-state index is 13.1. The molecule has 3 N–H and O–H groups in total. The topological polar surface area (TPSA) is 237 Å². The van der Waals surface area contributed by atoms with Crippen LogP contribution in [-0.2, 0) is 65.4 Å². The van der Waals surface area contributed by atoms with Gasteiger partial charge in [-0.25, -0.2) is 9.13 Å². The van der Waals surface area contributed by atoms with Crippen molar-refractivity contribution in [2.24, 2.45) is 0 Å². The highest BCUT2D eigenvalue weighted by atomic mass is 31.2. The Balaban J connectivity index is 5.17. The van der Waals surface area contributed by atoms with Gasteiger partial charge in [0.25, 0.3) is 0 Å². The van der Waals surface area contributed by atoms with Crippen LogP contribution in [0.3, 0.4) is 0 Å². The van der Waals surface area contributed by atoms with E-state index in [4.69, 9.17) is 37.0 Å². The Labute approximate surface area is 580 Å². The van der Waals surface area contributed by atoms with E-state index in [1.54, 1.807) is 0 Å². The molecular formula is C76H144O17P2. The number of allylic oxidation sites excluding steroid dienone is 4. The number of rotatable bonds is 75. The Morgan fingerprint density at radius 2 is 0.505 bits per heavy atom. The molecule has 0 rings (SSSR count). The summed E-state index contributed by atoms with van der Waals surface area (Å²) in [6.45, 7) is 4.87. The molecule has 0 saturated carbocycles. The van der Waals surface area contributed by atoms with Crippen LogP contribution in [0.25, 0.3) is 0 Å². The van der Waals surface area contributed by atoms with Crippen molar-refractivity contribution in [3.63, 3.8) is 0 Å². The Kier molecular flexibility index (Phi) is 68.2. The van der Waals surface area contributed by atoms with Gasteiger partial charge in [0.15, 0.2) is 12.2 Å². The van der Waals surface area contributed by atoms with Crippen molar-refractivity contribution in [1.29, 1.82) is 0 Å². The molecule has 0 heterocycles. The van der Waals surface area contributed by atoms with Crippen molar-refractivity contribution in [3.8, 4) is 0 Å². The molecule has 0 aliphatic rings. The molecule has 0 saturated heterocycles. The van der Waals surface area contributed by atoms with Gasteiger partial charge >= 0.3 is 39.5 Å². The second-order valence-corrected chi connectivity index (χ2v) is 29.6. The summed E-state index contributed by atoms with van der Waals surface area (Å²) in [7, 11) is -9.91. The first-order chi connectivity index (χ1) is 46.2. The number of hydrogen-bond acceptors (Lipinski definition) is 15. The van der Waals surface area contributed by atoms with E-state index >= 15 is 0 Å². The summed E-state index contributed by atoms with van der Waals surface area (Å²) >= 11 is 0. The second kappa shape index (κ2) is 70.0. The lowest BCUT2D eigenvalue weighted by Crippen LogP contribution is -2.30. The number of phosphoric acid groups is 2. The highest BCUT2D eigenvalue weighted by Crippen LogP contribution is 2.45. The van der Waals surface area contributed by atoms with Gasteiger partial charge in [-0.2, -0.15) is 0 Å². The molecule has 19 heteroatoms. The summed E-state index contributed by atoms with van der Waals surface area (Å²) in [5.74, 6) is -2.15. The molecule has 560 valence electrons. The highest BCUT2D eigenvalue weighted by molar-refractivity contribution is 7.47. The minimum Gasteiger partial charge on any atom is -0.462 e. The van der Waals surface area contributed by atoms with Crippen molar-refractivity contribution >= 4 is 39.5 Å². The summed E-state index contributed by atoms with van der Waals surface area (Å²) in [5, 5.41) is 10.6. The molecule has 0 aromatic heterocycles. The van der Waals surface area contributed by atoms with E-state index < -0.39 is 97.5 Å². The van der Waals surface area contributed by atoms with Gasteiger partial charge in [-0.1, -0.05) is 328 Å². The van der Waals surface area contributed by atoms with Crippen molar-refractivity contribution < 1.29 is 80.2 Å². The van der Waals surface area contributed by atoms with Crippen LogP contribution in [0.5, 0.6) is 0 Å². The average Bonchev–Trinajstić information content (AvgIpc) is 3.74. The fourth-order valence-electron chi connectivity index (χ4n) is 11.2. The van der Waals surface area contributed by atoms with Crippen LogP contribution < -0.4 is 0 Å². The molecule has 0 aromatic rings. The lowest BCUT2D eigenvalue weighted by molar-refractivity contribution is -0.161. The normalized spacial score (nSPS) is 14.1. The van der Waals surface area contributed by atoms with E-state index in [0.29, 0.717) is 25.7 Å². The maximum Gasteiger partial charge on any atom is 0.472 e. The third kappa shape index (κ3) is 69.8. The van der Waals surface area contributed by atoms with Crippen LogP contribution in [0, 0.1) is 0 Å². The molecule has 0 aromatic carbocycles. The fourth-order valence-corrected chi connectivity index (χ4v) is 12.8.